The summed E-state index contributed by atoms with van der Waals surface area (Å²) in [6, 6.07) is 7.79. The molecule has 2 rings (SSSR count). The average Bonchev–Trinajstić information content (AvgIpc) is 2.66. The number of hydrogen-bond acceptors (Lipinski definition) is 4. The summed E-state index contributed by atoms with van der Waals surface area (Å²) in [5, 5.41) is 0. The van der Waals surface area contributed by atoms with Crippen molar-refractivity contribution in [2.45, 2.75) is 58.5 Å². The molecule has 2 aromatic rings. The number of anilines is 2. The van der Waals surface area contributed by atoms with Crippen LogP contribution in [0, 0.1) is 0 Å². The SMILES string of the molecule is CCCCCCOc1nc(N(C)c2ccc(C(C)C)cc2)ncc1C(F)(F)F. The Morgan fingerprint density at radius 2 is 1.75 bits per heavy atom. The first-order chi connectivity index (χ1) is 13.2. The first kappa shape index (κ1) is 22.0. The molecule has 0 N–H and O–H groups in total. The Kier molecular flexibility index (Phi) is 7.66. The van der Waals surface area contributed by atoms with E-state index >= 15 is 0 Å². The maximum atomic E-state index is 13.3. The third kappa shape index (κ3) is 5.84. The maximum absolute atomic E-state index is 13.3. The molecule has 0 atom stereocenters. The van der Waals surface area contributed by atoms with Gasteiger partial charge >= 0.3 is 6.18 Å². The van der Waals surface area contributed by atoms with Crippen LogP contribution in [0.3, 0.4) is 0 Å². The second-order valence-corrected chi connectivity index (χ2v) is 7.10. The van der Waals surface area contributed by atoms with Gasteiger partial charge in [-0.05, 0) is 30.0 Å². The molecule has 28 heavy (non-hydrogen) atoms. The number of rotatable bonds is 9. The van der Waals surface area contributed by atoms with Gasteiger partial charge in [-0.25, -0.2) is 4.98 Å². The highest BCUT2D eigenvalue weighted by molar-refractivity contribution is 5.57. The lowest BCUT2D eigenvalue weighted by atomic mass is 10.0. The fourth-order valence-electron chi connectivity index (χ4n) is 2.72. The standard InChI is InChI=1S/C21H28F3N3O/c1-5-6-7-8-13-28-19-18(21(22,23)24)14-25-20(26-19)27(4)17-11-9-16(10-12-17)15(2)3/h9-12,14-15H,5-8,13H2,1-4H3. The number of hydrogen-bond donors (Lipinski definition) is 0. The molecule has 1 heterocycles. The summed E-state index contributed by atoms with van der Waals surface area (Å²) < 4.78 is 45.2. The van der Waals surface area contributed by atoms with Gasteiger partial charge < -0.3 is 9.64 Å². The van der Waals surface area contributed by atoms with E-state index in [0.29, 0.717) is 12.3 Å². The zero-order valence-corrected chi connectivity index (χ0v) is 16.9. The Labute approximate surface area is 164 Å². The zero-order valence-electron chi connectivity index (χ0n) is 16.9. The van der Waals surface area contributed by atoms with Gasteiger partial charge in [-0.3, -0.25) is 0 Å². The van der Waals surface area contributed by atoms with E-state index in [0.717, 1.165) is 31.1 Å². The van der Waals surface area contributed by atoms with E-state index in [9.17, 15) is 13.2 Å². The lowest BCUT2D eigenvalue weighted by Crippen LogP contribution is -2.17. The molecular formula is C21H28F3N3O. The molecule has 0 radical (unpaired) electrons. The van der Waals surface area contributed by atoms with Gasteiger partial charge in [-0.1, -0.05) is 52.2 Å². The van der Waals surface area contributed by atoms with Crippen LogP contribution in [0.1, 0.15) is 63.5 Å². The summed E-state index contributed by atoms with van der Waals surface area (Å²) in [5.41, 5.74) is 1.02. The van der Waals surface area contributed by atoms with Crippen LogP contribution in [0.2, 0.25) is 0 Å². The maximum Gasteiger partial charge on any atom is 0.423 e. The van der Waals surface area contributed by atoms with Gasteiger partial charge in [0.2, 0.25) is 11.8 Å². The normalized spacial score (nSPS) is 11.7. The molecule has 0 bridgehead atoms. The third-order valence-corrected chi connectivity index (χ3v) is 4.53. The van der Waals surface area contributed by atoms with Crippen molar-refractivity contribution in [1.29, 1.82) is 0 Å². The molecule has 0 aliphatic heterocycles. The Morgan fingerprint density at radius 1 is 1.07 bits per heavy atom. The molecule has 0 aliphatic carbocycles. The minimum absolute atomic E-state index is 0.161. The Balaban J connectivity index is 2.22. The highest BCUT2D eigenvalue weighted by Gasteiger charge is 2.36. The second-order valence-electron chi connectivity index (χ2n) is 7.10. The summed E-state index contributed by atoms with van der Waals surface area (Å²) in [7, 11) is 1.72. The third-order valence-electron chi connectivity index (χ3n) is 4.53. The van der Waals surface area contributed by atoms with Crippen molar-refractivity contribution in [3.8, 4) is 5.88 Å². The Bertz CT molecular complexity index is 746. The van der Waals surface area contributed by atoms with Crippen molar-refractivity contribution in [2.75, 3.05) is 18.6 Å². The number of aromatic nitrogens is 2. The molecule has 7 heteroatoms. The van der Waals surface area contributed by atoms with Gasteiger partial charge in [0.15, 0.2) is 0 Å². The molecule has 0 saturated carbocycles. The lowest BCUT2D eigenvalue weighted by molar-refractivity contribution is -0.139. The van der Waals surface area contributed by atoms with Crippen LogP contribution in [0.15, 0.2) is 30.5 Å². The topological polar surface area (TPSA) is 38.2 Å². The number of halogens is 3. The van der Waals surface area contributed by atoms with E-state index in [2.05, 4.69) is 30.7 Å². The van der Waals surface area contributed by atoms with E-state index in [1.54, 1.807) is 11.9 Å². The molecule has 0 aliphatic rings. The molecule has 1 aromatic carbocycles. The van der Waals surface area contributed by atoms with Crippen LogP contribution in [-0.2, 0) is 6.18 Å². The number of ether oxygens (including phenoxy) is 1. The predicted octanol–water partition coefficient (Wildman–Crippen LogP) is 6.35. The van der Waals surface area contributed by atoms with Gasteiger partial charge in [0, 0.05) is 18.9 Å². The highest BCUT2D eigenvalue weighted by atomic mass is 19.4. The summed E-state index contributed by atoms with van der Waals surface area (Å²) in [6.45, 7) is 6.47. The summed E-state index contributed by atoms with van der Waals surface area (Å²) in [5.74, 6) is 0.142. The van der Waals surface area contributed by atoms with Gasteiger partial charge in [0.25, 0.3) is 0 Å². The van der Waals surface area contributed by atoms with Crippen molar-refractivity contribution < 1.29 is 17.9 Å². The van der Waals surface area contributed by atoms with E-state index in [1.807, 2.05) is 24.3 Å². The van der Waals surface area contributed by atoms with Crippen LogP contribution in [0.25, 0.3) is 0 Å². The van der Waals surface area contributed by atoms with Crippen molar-refractivity contribution in [2.24, 2.45) is 0 Å². The fraction of sp³-hybridized carbons (Fsp3) is 0.524. The smallest absolute Gasteiger partial charge is 0.423 e. The molecular weight excluding hydrogens is 367 g/mol. The van der Waals surface area contributed by atoms with E-state index < -0.39 is 17.6 Å². The molecule has 4 nitrogen and oxygen atoms in total. The molecule has 1 aromatic heterocycles. The van der Waals surface area contributed by atoms with Gasteiger partial charge in [0.05, 0.1) is 6.61 Å². The van der Waals surface area contributed by atoms with E-state index in [4.69, 9.17) is 4.74 Å². The van der Waals surface area contributed by atoms with Crippen LogP contribution in [-0.4, -0.2) is 23.6 Å². The molecule has 0 saturated heterocycles. The van der Waals surface area contributed by atoms with Crippen molar-refractivity contribution in [3.05, 3.63) is 41.6 Å². The molecule has 0 unspecified atom stereocenters. The number of benzene rings is 1. The zero-order chi connectivity index (χ0) is 20.7. The molecule has 0 fully saturated rings. The largest absolute Gasteiger partial charge is 0.477 e. The van der Waals surface area contributed by atoms with Crippen LogP contribution in [0.4, 0.5) is 24.8 Å². The minimum Gasteiger partial charge on any atom is -0.477 e. The van der Waals surface area contributed by atoms with E-state index in [1.165, 1.54) is 5.56 Å². The van der Waals surface area contributed by atoms with E-state index in [-0.39, 0.29) is 12.6 Å². The summed E-state index contributed by atoms with van der Waals surface area (Å²) in [6.07, 6.45) is -0.0855. The summed E-state index contributed by atoms with van der Waals surface area (Å²) in [4.78, 5) is 9.62. The Hall–Kier alpha value is -2.31. The van der Waals surface area contributed by atoms with Gasteiger partial charge in [-0.15, -0.1) is 0 Å². The first-order valence-corrected chi connectivity index (χ1v) is 9.64. The van der Waals surface area contributed by atoms with Crippen molar-refractivity contribution in [3.63, 3.8) is 0 Å². The monoisotopic (exact) mass is 395 g/mol. The molecule has 0 amide bonds. The van der Waals surface area contributed by atoms with Crippen molar-refractivity contribution in [1.82, 2.24) is 9.97 Å². The molecule has 0 spiro atoms. The minimum atomic E-state index is -4.56. The predicted molar refractivity (Wildman–Crippen MR) is 105 cm³/mol. The lowest BCUT2D eigenvalue weighted by Gasteiger charge is -2.20. The van der Waals surface area contributed by atoms with Gasteiger partial charge in [-0.2, -0.15) is 18.2 Å². The number of nitrogens with zero attached hydrogens (tertiary/aromatic N) is 3. The highest BCUT2D eigenvalue weighted by Crippen LogP contribution is 2.36. The van der Waals surface area contributed by atoms with Crippen molar-refractivity contribution >= 4 is 11.6 Å². The van der Waals surface area contributed by atoms with Crippen LogP contribution in [0.5, 0.6) is 5.88 Å². The Morgan fingerprint density at radius 3 is 2.32 bits per heavy atom. The summed E-state index contributed by atoms with van der Waals surface area (Å²) >= 11 is 0. The van der Waals surface area contributed by atoms with Gasteiger partial charge in [0.1, 0.15) is 5.56 Å². The first-order valence-electron chi connectivity index (χ1n) is 9.64. The average molecular weight is 395 g/mol. The quantitative estimate of drug-likeness (QED) is 0.464. The fourth-order valence-corrected chi connectivity index (χ4v) is 2.72. The molecule has 154 valence electrons. The van der Waals surface area contributed by atoms with Crippen LogP contribution < -0.4 is 9.64 Å². The number of alkyl halides is 3. The second kappa shape index (κ2) is 9.75. The number of unbranched alkanes of at least 4 members (excludes halogenated alkanes) is 3. The van der Waals surface area contributed by atoms with Crippen LogP contribution >= 0.6 is 0 Å².